The number of ether oxygens (including phenoxy) is 1. The van der Waals surface area contributed by atoms with Gasteiger partial charge in [0.25, 0.3) is 5.91 Å². The summed E-state index contributed by atoms with van der Waals surface area (Å²) in [5.41, 5.74) is 3.48. The molecule has 5 heteroatoms. The maximum absolute atomic E-state index is 13.1. The van der Waals surface area contributed by atoms with E-state index >= 15 is 0 Å². The van der Waals surface area contributed by atoms with Crippen LogP contribution in [0.3, 0.4) is 0 Å². The molecule has 2 aliphatic heterocycles. The molecule has 1 fully saturated rings. The smallest absolute Gasteiger partial charge is 0.260 e. The Hall–Kier alpha value is -2.82. The molecule has 0 radical (unpaired) electrons. The quantitative estimate of drug-likeness (QED) is 0.799. The number of rotatable bonds is 4. The van der Waals surface area contributed by atoms with Gasteiger partial charge in [-0.2, -0.15) is 0 Å². The molecule has 0 spiro atoms. The van der Waals surface area contributed by atoms with Gasteiger partial charge in [0.2, 0.25) is 5.91 Å². The first-order valence-electron chi connectivity index (χ1n) is 10.5. The van der Waals surface area contributed by atoms with Gasteiger partial charge in [-0.25, -0.2) is 0 Å². The van der Waals surface area contributed by atoms with Crippen LogP contribution in [-0.2, 0) is 16.0 Å². The van der Waals surface area contributed by atoms with Crippen molar-refractivity contribution in [3.63, 3.8) is 0 Å². The van der Waals surface area contributed by atoms with Crippen LogP contribution in [0.1, 0.15) is 30.4 Å². The van der Waals surface area contributed by atoms with Gasteiger partial charge in [0, 0.05) is 31.2 Å². The first kappa shape index (κ1) is 19.5. The first-order chi connectivity index (χ1) is 14.1. The third-order valence-corrected chi connectivity index (χ3v) is 5.96. The zero-order valence-corrected chi connectivity index (χ0v) is 17.0. The number of amides is 2. The Morgan fingerprint density at radius 2 is 1.72 bits per heavy atom. The van der Waals surface area contributed by atoms with E-state index < -0.39 is 0 Å². The number of carbonyl (C=O) groups is 2. The SMILES string of the molecule is Cc1ccc(OCC(=O)N2CCC(C(=O)N3CCCc4ccccc43)CC2)cc1. The van der Waals surface area contributed by atoms with Gasteiger partial charge in [0.15, 0.2) is 6.61 Å². The number of fused-ring (bicyclic) bond motifs is 1. The third kappa shape index (κ3) is 4.44. The molecule has 4 rings (SSSR count). The number of anilines is 1. The molecule has 2 heterocycles. The van der Waals surface area contributed by atoms with Gasteiger partial charge in [-0.1, -0.05) is 35.9 Å². The third-order valence-electron chi connectivity index (χ3n) is 5.96. The lowest BCUT2D eigenvalue weighted by atomic mass is 9.93. The minimum absolute atomic E-state index is 0.0109. The number of carbonyl (C=O) groups excluding carboxylic acids is 2. The van der Waals surface area contributed by atoms with Gasteiger partial charge in [-0.05, 0) is 56.4 Å². The highest BCUT2D eigenvalue weighted by atomic mass is 16.5. The summed E-state index contributed by atoms with van der Waals surface area (Å²) in [5.74, 6) is 0.890. The van der Waals surface area contributed by atoms with Gasteiger partial charge in [-0.15, -0.1) is 0 Å². The predicted octanol–water partition coefficient (Wildman–Crippen LogP) is 3.59. The van der Waals surface area contributed by atoms with E-state index in [0.29, 0.717) is 31.7 Å². The van der Waals surface area contributed by atoms with E-state index in [1.165, 1.54) is 5.56 Å². The minimum Gasteiger partial charge on any atom is -0.484 e. The zero-order chi connectivity index (χ0) is 20.2. The maximum atomic E-state index is 13.1. The highest BCUT2D eigenvalue weighted by molar-refractivity contribution is 5.96. The summed E-state index contributed by atoms with van der Waals surface area (Å²) in [6.45, 7) is 4.08. The fourth-order valence-electron chi connectivity index (χ4n) is 4.23. The number of piperidine rings is 1. The summed E-state index contributed by atoms with van der Waals surface area (Å²) in [4.78, 5) is 29.4. The summed E-state index contributed by atoms with van der Waals surface area (Å²) >= 11 is 0. The van der Waals surface area contributed by atoms with Gasteiger partial charge in [0.05, 0.1) is 0 Å². The number of aryl methyl sites for hydroxylation is 2. The lowest BCUT2D eigenvalue weighted by molar-refractivity contribution is -0.136. The van der Waals surface area contributed by atoms with Crippen LogP contribution in [0.2, 0.25) is 0 Å². The molecule has 2 aromatic rings. The van der Waals surface area contributed by atoms with Crippen LogP contribution in [0.15, 0.2) is 48.5 Å². The molecule has 0 unspecified atom stereocenters. The lowest BCUT2D eigenvalue weighted by Gasteiger charge is -2.36. The fourth-order valence-corrected chi connectivity index (χ4v) is 4.23. The fraction of sp³-hybridized carbons (Fsp3) is 0.417. The molecule has 0 N–H and O–H groups in total. The van der Waals surface area contributed by atoms with E-state index in [9.17, 15) is 9.59 Å². The molecule has 29 heavy (non-hydrogen) atoms. The van der Waals surface area contributed by atoms with Gasteiger partial charge < -0.3 is 14.5 Å². The highest BCUT2D eigenvalue weighted by Crippen LogP contribution is 2.30. The van der Waals surface area contributed by atoms with Crippen molar-refractivity contribution in [2.45, 2.75) is 32.6 Å². The molecule has 2 aromatic carbocycles. The van der Waals surface area contributed by atoms with Crippen molar-refractivity contribution in [1.82, 2.24) is 4.90 Å². The van der Waals surface area contributed by atoms with Gasteiger partial charge >= 0.3 is 0 Å². The molecule has 1 saturated heterocycles. The van der Waals surface area contributed by atoms with Gasteiger partial charge in [-0.3, -0.25) is 9.59 Å². The number of para-hydroxylation sites is 1. The second-order valence-electron chi connectivity index (χ2n) is 7.98. The Labute approximate surface area is 172 Å². The van der Waals surface area contributed by atoms with Crippen molar-refractivity contribution < 1.29 is 14.3 Å². The maximum Gasteiger partial charge on any atom is 0.260 e. The van der Waals surface area contributed by atoms with Crippen molar-refractivity contribution in [3.8, 4) is 5.75 Å². The highest BCUT2D eigenvalue weighted by Gasteiger charge is 2.32. The Morgan fingerprint density at radius 3 is 2.48 bits per heavy atom. The average molecular weight is 392 g/mol. The number of benzene rings is 2. The van der Waals surface area contributed by atoms with E-state index in [4.69, 9.17) is 4.74 Å². The molecule has 152 valence electrons. The van der Waals surface area contributed by atoms with E-state index in [2.05, 4.69) is 6.07 Å². The Balaban J connectivity index is 1.29. The number of hydrogen-bond acceptors (Lipinski definition) is 3. The predicted molar refractivity (Wildman–Crippen MR) is 113 cm³/mol. The Bertz CT molecular complexity index is 870. The normalized spacial score (nSPS) is 17.0. The molecule has 0 saturated carbocycles. The molecular formula is C24H28N2O3. The second kappa shape index (κ2) is 8.68. The standard InChI is InChI=1S/C24H28N2O3/c1-18-8-10-21(11-9-18)29-17-23(27)25-15-12-20(13-16-25)24(28)26-14-4-6-19-5-2-3-7-22(19)26/h2-3,5,7-11,20H,4,6,12-17H2,1H3. The molecule has 2 amide bonds. The van der Waals surface area contributed by atoms with Crippen LogP contribution in [-0.4, -0.2) is 43.0 Å². The minimum atomic E-state index is -0.0141. The summed E-state index contributed by atoms with van der Waals surface area (Å²) in [7, 11) is 0. The van der Waals surface area contributed by atoms with Crippen molar-refractivity contribution in [3.05, 3.63) is 59.7 Å². The van der Waals surface area contributed by atoms with Crippen molar-refractivity contribution in [2.75, 3.05) is 31.1 Å². The van der Waals surface area contributed by atoms with Gasteiger partial charge in [0.1, 0.15) is 5.75 Å². The summed E-state index contributed by atoms with van der Waals surface area (Å²) < 4.78 is 5.62. The van der Waals surface area contributed by atoms with Crippen LogP contribution in [0, 0.1) is 12.8 Å². The largest absolute Gasteiger partial charge is 0.484 e. The van der Waals surface area contributed by atoms with E-state index in [-0.39, 0.29) is 24.3 Å². The van der Waals surface area contributed by atoms with Crippen LogP contribution >= 0.6 is 0 Å². The van der Waals surface area contributed by atoms with Crippen LogP contribution in [0.25, 0.3) is 0 Å². The van der Waals surface area contributed by atoms with E-state index in [1.54, 1.807) is 0 Å². The summed E-state index contributed by atoms with van der Waals surface area (Å²) in [6.07, 6.45) is 3.48. The van der Waals surface area contributed by atoms with Crippen LogP contribution < -0.4 is 9.64 Å². The van der Waals surface area contributed by atoms with E-state index in [0.717, 1.165) is 30.6 Å². The average Bonchev–Trinajstić information content (AvgIpc) is 2.78. The number of hydrogen-bond donors (Lipinski definition) is 0. The topological polar surface area (TPSA) is 49.9 Å². The van der Waals surface area contributed by atoms with Crippen LogP contribution in [0.4, 0.5) is 5.69 Å². The van der Waals surface area contributed by atoms with Crippen molar-refractivity contribution in [1.29, 1.82) is 0 Å². The lowest BCUT2D eigenvalue weighted by Crippen LogP contribution is -2.46. The summed E-state index contributed by atoms with van der Waals surface area (Å²) in [6, 6.07) is 15.9. The first-order valence-corrected chi connectivity index (χ1v) is 10.5. The molecule has 0 bridgehead atoms. The zero-order valence-electron chi connectivity index (χ0n) is 17.0. The molecular weight excluding hydrogens is 364 g/mol. The molecule has 2 aliphatic rings. The van der Waals surface area contributed by atoms with Crippen molar-refractivity contribution >= 4 is 17.5 Å². The molecule has 5 nitrogen and oxygen atoms in total. The Morgan fingerprint density at radius 1 is 1.00 bits per heavy atom. The number of nitrogens with zero attached hydrogens (tertiary/aromatic N) is 2. The van der Waals surface area contributed by atoms with Crippen LogP contribution in [0.5, 0.6) is 5.75 Å². The Kier molecular flexibility index (Phi) is 5.84. The molecule has 0 aromatic heterocycles. The molecule has 0 aliphatic carbocycles. The van der Waals surface area contributed by atoms with E-state index in [1.807, 2.05) is 59.2 Å². The second-order valence-corrected chi connectivity index (χ2v) is 7.98. The molecule has 0 atom stereocenters. The monoisotopic (exact) mass is 392 g/mol. The number of likely N-dealkylation sites (tertiary alicyclic amines) is 1. The van der Waals surface area contributed by atoms with Crippen molar-refractivity contribution in [2.24, 2.45) is 5.92 Å². The summed E-state index contributed by atoms with van der Waals surface area (Å²) in [5, 5.41) is 0.